The van der Waals surface area contributed by atoms with E-state index < -0.39 is 0 Å². The van der Waals surface area contributed by atoms with Crippen molar-refractivity contribution < 1.29 is 4.74 Å². The van der Waals surface area contributed by atoms with Crippen molar-refractivity contribution >= 4 is 23.2 Å². The summed E-state index contributed by atoms with van der Waals surface area (Å²) in [4.78, 5) is 0. The number of nitrogens with zero attached hydrogens (tertiary/aromatic N) is 2. The van der Waals surface area contributed by atoms with Crippen molar-refractivity contribution in [2.45, 2.75) is 13.5 Å². The Morgan fingerprint density at radius 1 is 1.29 bits per heavy atom. The Morgan fingerprint density at radius 3 is 2.71 bits per heavy atom. The first-order valence-electron chi connectivity index (χ1n) is 5.13. The van der Waals surface area contributed by atoms with Crippen LogP contribution in [0.3, 0.4) is 0 Å². The van der Waals surface area contributed by atoms with Crippen molar-refractivity contribution in [1.29, 1.82) is 0 Å². The second kappa shape index (κ2) is 4.98. The van der Waals surface area contributed by atoms with Crippen LogP contribution in [0.2, 0.25) is 10.0 Å². The molecule has 0 aliphatic carbocycles. The van der Waals surface area contributed by atoms with Crippen molar-refractivity contribution in [3.8, 4) is 5.75 Å². The average molecular weight is 271 g/mol. The molecular weight excluding hydrogens is 259 g/mol. The first-order valence-corrected chi connectivity index (χ1v) is 5.89. The minimum absolute atomic E-state index is 0.377. The highest BCUT2D eigenvalue weighted by Gasteiger charge is 2.05. The van der Waals surface area contributed by atoms with Gasteiger partial charge in [-0.2, -0.15) is 5.10 Å². The molecule has 17 heavy (non-hydrogen) atoms. The summed E-state index contributed by atoms with van der Waals surface area (Å²) in [7, 11) is 1.89. The molecule has 5 heteroatoms. The standard InChI is InChI=1S/C12H12Cl2N2O/c1-8-5-10(15-16(8)2)7-17-12-6-9(13)3-4-11(12)14/h3-6H,7H2,1-2H3. The van der Waals surface area contributed by atoms with Gasteiger partial charge in [-0.3, -0.25) is 4.68 Å². The lowest BCUT2D eigenvalue weighted by molar-refractivity contribution is 0.300. The van der Waals surface area contributed by atoms with E-state index in [4.69, 9.17) is 27.9 Å². The zero-order chi connectivity index (χ0) is 12.4. The molecule has 1 heterocycles. The van der Waals surface area contributed by atoms with E-state index in [0.29, 0.717) is 22.4 Å². The molecule has 0 fully saturated rings. The molecule has 1 aromatic heterocycles. The lowest BCUT2D eigenvalue weighted by Gasteiger charge is -2.06. The molecule has 0 saturated carbocycles. The number of aryl methyl sites for hydroxylation is 2. The van der Waals surface area contributed by atoms with Gasteiger partial charge >= 0.3 is 0 Å². The number of halogens is 2. The summed E-state index contributed by atoms with van der Waals surface area (Å²) in [5.41, 5.74) is 1.95. The lowest BCUT2D eigenvalue weighted by Crippen LogP contribution is -1.98. The first kappa shape index (κ1) is 12.3. The quantitative estimate of drug-likeness (QED) is 0.852. The third kappa shape index (κ3) is 2.93. The molecule has 90 valence electrons. The zero-order valence-corrected chi connectivity index (χ0v) is 11.1. The number of hydrogen-bond donors (Lipinski definition) is 0. The third-order valence-electron chi connectivity index (χ3n) is 2.43. The largest absolute Gasteiger partial charge is 0.486 e. The number of aromatic nitrogens is 2. The van der Waals surface area contributed by atoms with Crippen LogP contribution in [0.25, 0.3) is 0 Å². The average Bonchev–Trinajstić information content (AvgIpc) is 2.60. The monoisotopic (exact) mass is 270 g/mol. The lowest BCUT2D eigenvalue weighted by atomic mass is 10.3. The Kier molecular flexibility index (Phi) is 3.60. The van der Waals surface area contributed by atoms with E-state index in [1.54, 1.807) is 22.9 Å². The zero-order valence-electron chi connectivity index (χ0n) is 9.58. The Hall–Kier alpha value is -1.19. The van der Waals surface area contributed by atoms with Gasteiger partial charge in [0.1, 0.15) is 18.1 Å². The molecule has 2 rings (SSSR count). The van der Waals surface area contributed by atoms with Gasteiger partial charge < -0.3 is 4.74 Å². The SMILES string of the molecule is Cc1cc(COc2cc(Cl)ccc2Cl)nn1C. The summed E-state index contributed by atoms with van der Waals surface area (Å²) in [5.74, 6) is 0.572. The molecule has 0 aliphatic rings. The molecule has 0 N–H and O–H groups in total. The Morgan fingerprint density at radius 2 is 2.06 bits per heavy atom. The highest BCUT2D eigenvalue weighted by Crippen LogP contribution is 2.28. The normalized spacial score (nSPS) is 10.6. The van der Waals surface area contributed by atoms with Crippen LogP contribution in [0.15, 0.2) is 24.3 Å². The molecular formula is C12H12Cl2N2O. The molecule has 0 bridgehead atoms. The van der Waals surface area contributed by atoms with Crippen molar-refractivity contribution in [2.24, 2.45) is 7.05 Å². The van der Waals surface area contributed by atoms with E-state index in [0.717, 1.165) is 11.4 Å². The minimum atomic E-state index is 0.377. The molecule has 0 aliphatic heterocycles. The fourth-order valence-corrected chi connectivity index (χ4v) is 1.78. The topological polar surface area (TPSA) is 27.1 Å². The minimum Gasteiger partial charge on any atom is -0.486 e. The molecule has 0 saturated heterocycles. The van der Waals surface area contributed by atoms with Gasteiger partial charge in [0.2, 0.25) is 0 Å². The molecule has 0 unspecified atom stereocenters. The van der Waals surface area contributed by atoms with Crippen molar-refractivity contribution in [1.82, 2.24) is 9.78 Å². The van der Waals surface area contributed by atoms with E-state index in [1.165, 1.54) is 0 Å². The van der Waals surface area contributed by atoms with Crippen LogP contribution >= 0.6 is 23.2 Å². The van der Waals surface area contributed by atoms with Gasteiger partial charge in [-0.15, -0.1) is 0 Å². The Labute approximate surface area is 110 Å². The van der Waals surface area contributed by atoms with Crippen LogP contribution in [0.5, 0.6) is 5.75 Å². The smallest absolute Gasteiger partial charge is 0.139 e. The second-order valence-corrected chi connectivity index (χ2v) is 4.61. The van der Waals surface area contributed by atoms with Crippen LogP contribution in [-0.4, -0.2) is 9.78 Å². The maximum Gasteiger partial charge on any atom is 0.139 e. The van der Waals surface area contributed by atoms with E-state index in [2.05, 4.69) is 5.10 Å². The molecule has 2 aromatic rings. The van der Waals surface area contributed by atoms with E-state index in [-0.39, 0.29) is 0 Å². The molecule has 0 amide bonds. The molecule has 1 aromatic carbocycles. The number of ether oxygens (including phenoxy) is 1. The van der Waals surface area contributed by atoms with Gasteiger partial charge in [-0.1, -0.05) is 23.2 Å². The highest BCUT2D eigenvalue weighted by molar-refractivity contribution is 6.34. The fraction of sp³-hybridized carbons (Fsp3) is 0.250. The van der Waals surface area contributed by atoms with E-state index in [9.17, 15) is 0 Å². The van der Waals surface area contributed by atoms with Gasteiger partial charge in [0.15, 0.2) is 0 Å². The van der Waals surface area contributed by atoms with Gasteiger partial charge in [-0.25, -0.2) is 0 Å². The van der Waals surface area contributed by atoms with Gasteiger partial charge in [0, 0.05) is 23.8 Å². The maximum absolute atomic E-state index is 5.99. The summed E-state index contributed by atoms with van der Waals surface area (Å²) in [5, 5.41) is 5.44. The Balaban J connectivity index is 2.09. The summed E-state index contributed by atoms with van der Waals surface area (Å²) >= 11 is 11.9. The van der Waals surface area contributed by atoms with E-state index in [1.807, 2.05) is 20.0 Å². The molecule has 0 atom stereocenters. The predicted molar refractivity (Wildman–Crippen MR) is 68.7 cm³/mol. The summed E-state index contributed by atoms with van der Waals surface area (Å²) in [6.07, 6.45) is 0. The molecule has 0 radical (unpaired) electrons. The summed E-state index contributed by atoms with van der Waals surface area (Å²) in [6.45, 7) is 2.37. The molecule has 3 nitrogen and oxygen atoms in total. The van der Waals surface area contributed by atoms with Gasteiger partial charge in [-0.05, 0) is 25.1 Å². The van der Waals surface area contributed by atoms with Gasteiger partial charge in [0.25, 0.3) is 0 Å². The molecule has 0 spiro atoms. The first-order chi connectivity index (χ1) is 8.06. The van der Waals surface area contributed by atoms with Crippen LogP contribution < -0.4 is 4.74 Å². The number of benzene rings is 1. The van der Waals surface area contributed by atoms with Crippen molar-refractivity contribution in [3.05, 3.63) is 45.7 Å². The van der Waals surface area contributed by atoms with Crippen LogP contribution in [0, 0.1) is 6.92 Å². The fourth-order valence-electron chi connectivity index (χ4n) is 1.44. The number of hydrogen-bond acceptors (Lipinski definition) is 2. The second-order valence-electron chi connectivity index (χ2n) is 3.76. The summed E-state index contributed by atoms with van der Waals surface area (Å²) < 4.78 is 7.38. The Bertz CT molecular complexity index is 518. The van der Waals surface area contributed by atoms with Crippen molar-refractivity contribution in [2.75, 3.05) is 0 Å². The van der Waals surface area contributed by atoms with Crippen LogP contribution in [-0.2, 0) is 13.7 Å². The van der Waals surface area contributed by atoms with Gasteiger partial charge in [0.05, 0.1) is 5.02 Å². The number of rotatable bonds is 3. The van der Waals surface area contributed by atoms with E-state index >= 15 is 0 Å². The van der Waals surface area contributed by atoms with Crippen molar-refractivity contribution in [3.63, 3.8) is 0 Å². The highest BCUT2D eigenvalue weighted by atomic mass is 35.5. The van der Waals surface area contributed by atoms with Crippen LogP contribution in [0.1, 0.15) is 11.4 Å². The third-order valence-corrected chi connectivity index (χ3v) is 2.98. The van der Waals surface area contributed by atoms with Crippen LogP contribution in [0.4, 0.5) is 0 Å². The summed E-state index contributed by atoms with van der Waals surface area (Å²) in [6, 6.07) is 7.10. The predicted octanol–water partition coefficient (Wildman–Crippen LogP) is 3.61. The maximum atomic E-state index is 5.99.